The van der Waals surface area contributed by atoms with E-state index in [1.165, 1.54) is 51.4 Å². The van der Waals surface area contributed by atoms with Gasteiger partial charge in [0.1, 0.15) is 0 Å². The van der Waals surface area contributed by atoms with E-state index in [0.29, 0.717) is 0 Å². The second-order valence-electron chi connectivity index (χ2n) is 7.06. The Morgan fingerprint density at radius 1 is 1.00 bits per heavy atom. The molecule has 0 heterocycles. The molecule has 0 radical (unpaired) electrons. The zero-order valence-corrected chi connectivity index (χ0v) is 12.9. The molecule has 1 atom stereocenters. The average molecular weight is 271 g/mol. The van der Waals surface area contributed by atoms with Crippen LogP contribution in [0.1, 0.15) is 69.8 Å². The molecule has 3 rings (SSSR count). The highest BCUT2D eigenvalue weighted by Crippen LogP contribution is 2.34. The quantitative estimate of drug-likeness (QED) is 0.804. The van der Waals surface area contributed by atoms with Crippen molar-refractivity contribution in [2.24, 2.45) is 5.92 Å². The van der Waals surface area contributed by atoms with Gasteiger partial charge in [-0.25, -0.2) is 0 Å². The van der Waals surface area contributed by atoms with Crippen LogP contribution < -0.4 is 5.32 Å². The lowest BCUT2D eigenvalue weighted by Crippen LogP contribution is -2.40. The Labute approximate surface area is 124 Å². The van der Waals surface area contributed by atoms with Crippen molar-refractivity contribution in [1.29, 1.82) is 0 Å². The SMILES string of the molecule is CC(CC1CCC1)NC1CCC(c2ccccc2)CC1. The normalized spacial score (nSPS) is 28.9. The Kier molecular flexibility index (Phi) is 4.77. The van der Waals surface area contributed by atoms with Crippen LogP contribution in [0.15, 0.2) is 30.3 Å². The van der Waals surface area contributed by atoms with E-state index in [1.54, 1.807) is 5.56 Å². The van der Waals surface area contributed by atoms with Crippen molar-refractivity contribution < 1.29 is 0 Å². The Morgan fingerprint density at radius 3 is 2.30 bits per heavy atom. The van der Waals surface area contributed by atoms with E-state index in [-0.39, 0.29) is 0 Å². The summed E-state index contributed by atoms with van der Waals surface area (Å²) in [7, 11) is 0. The van der Waals surface area contributed by atoms with Gasteiger partial charge >= 0.3 is 0 Å². The predicted octanol–water partition coefficient (Wildman–Crippen LogP) is 4.88. The summed E-state index contributed by atoms with van der Waals surface area (Å²) in [5.74, 6) is 1.83. The highest BCUT2D eigenvalue weighted by atomic mass is 14.9. The lowest BCUT2D eigenvalue weighted by molar-refractivity contribution is 0.242. The number of rotatable bonds is 5. The fourth-order valence-corrected chi connectivity index (χ4v) is 4.02. The number of hydrogen-bond acceptors (Lipinski definition) is 1. The van der Waals surface area contributed by atoms with Crippen molar-refractivity contribution in [2.45, 2.75) is 76.3 Å². The largest absolute Gasteiger partial charge is 0.311 e. The summed E-state index contributed by atoms with van der Waals surface area (Å²) in [6.45, 7) is 2.39. The van der Waals surface area contributed by atoms with Crippen molar-refractivity contribution in [1.82, 2.24) is 5.32 Å². The lowest BCUT2D eigenvalue weighted by atomic mass is 9.79. The predicted molar refractivity (Wildman–Crippen MR) is 86.0 cm³/mol. The Bertz CT molecular complexity index is 387. The van der Waals surface area contributed by atoms with E-state index in [2.05, 4.69) is 42.6 Å². The van der Waals surface area contributed by atoms with E-state index >= 15 is 0 Å². The fourth-order valence-electron chi connectivity index (χ4n) is 4.02. The minimum atomic E-state index is 0.721. The van der Waals surface area contributed by atoms with Crippen molar-refractivity contribution in [3.63, 3.8) is 0 Å². The molecule has 1 nitrogen and oxygen atoms in total. The number of hydrogen-bond donors (Lipinski definition) is 1. The van der Waals surface area contributed by atoms with Crippen molar-refractivity contribution in [3.05, 3.63) is 35.9 Å². The minimum absolute atomic E-state index is 0.721. The molecule has 0 amide bonds. The molecular weight excluding hydrogens is 242 g/mol. The molecule has 1 unspecified atom stereocenters. The van der Waals surface area contributed by atoms with E-state index in [9.17, 15) is 0 Å². The molecule has 0 aliphatic heterocycles. The first-order chi connectivity index (χ1) is 9.81. The van der Waals surface area contributed by atoms with Crippen LogP contribution in [0.4, 0.5) is 0 Å². The van der Waals surface area contributed by atoms with E-state index in [4.69, 9.17) is 0 Å². The smallest absolute Gasteiger partial charge is 0.00699 e. The molecule has 1 aromatic rings. The van der Waals surface area contributed by atoms with Crippen LogP contribution >= 0.6 is 0 Å². The van der Waals surface area contributed by atoms with Crippen LogP contribution in [0, 0.1) is 5.92 Å². The summed E-state index contributed by atoms with van der Waals surface area (Å²) >= 11 is 0. The molecule has 0 aromatic heterocycles. The maximum absolute atomic E-state index is 3.89. The van der Waals surface area contributed by atoms with Gasteiger partial charge in [0, 0.05) is 12.1 Å². The standard InChI is InChI=1S/C19H29N/c1-15(14-16-6-5-7-16)20-19-12-10-18(11-13-19)17-8-3-2-4-9-17/h2-4,8-9,15-16,18-20H,5-7,10-14H2,1H3. The summed E-state index contributed by atoms with van der Waals surface area (Å²) < 4.78 is 0. The zero-order chi connectivity index (χ0) is 13.8. The van der Waals surface area contributed by atoms with Gasteiger partial charge in [-0.05, 0) is 56.4 Å². The van der Waals surface area contributed by atoms with Gasteiger partial charge in [0.25, 0.3) is 0 Å². The highest BCUT2D eigenvalue weighted by molar-refractivity contribution is 5.20. The third-order valence-corrected chi connectivity index (χ3v) is 5.43. The molecule has 110 valence electrons. The van der Waals surface area contributed by atoms with Crippen LogP contribution in [-0.2, 0) is 0 Å². The Hall–Kier alpha value is -0.820. The van der Waals surface area contributed by atoms with Gasteiger partial charge < -0.3 is 5.32 Å². The molecule has 1 N–H and O–H groups in total. The van der Waals surface area contributed by atoms with Crippen LogP contribution in [0.25, 0.3) is 0 Å². The minimum Gasteiger partial charge on any atom is -0.311 e. The van der Waals surface area contributed by atoms with Gasteiger partial charge in [-0.1, -0.05) is 49.6 Å². The molecule has 2 fully saturated rings. The fraction of sp³-hybridized carbons (Fsp3) is 0.684. The van der Waals surface area contributed by atoms with Crippen LogP contribution in [-0.4, -0.2) is 12.1 Å². The van der Waals surface area contributed by atoms with Crippen molar-refractivity contribution in [2.75, 3.05) is 0 Å². The maximum Gasteiger partial charge on any atom is 0.00699 e. The van der Waals surface area contributed by atoms with Gasteiger partial charge in [0.05, 0.1) is 0 Å². The molecule has 0 bridgehead atoms. The van der Waals surface area contributed by atoms with E-state index < -0.39 is 0 Å². The molecule has 0 spiro atoms. The first-order valence-electron chi connectivity index (χ1n) is 8.62. The third kappa shape index (κ3) is 3.63. The van der Waals surface area contributed by atoms with Gasteiger partial charge in [-0.3, -0.25) is 0 Å². The monoisotopic (exact) mass is 271 g/mol. The van der Waals surface area contributed by atoms with Crippen molar-refractivity contribution >= 4 is 0 Å². The van der Waals surface area contributed by atoms with Gasteiger partial charge in [-0.2, -0.15) is 0 Å². The molecule has 0 saturated heterocycles. The molecular formula is C19H29N. The first kappa shape index (κ1) is 14.1. The van der Waals surface area contributed by atoms with Gasteiger partial charge in [0.2, 0.25) is 0 Å². The first-order valence-corrected chi connectivity index (χ1v) is 8.62. The molecule has 2 aliphatic carbocycles. The molecule has 2 aliphatic rings. The van der Waals surface area contributed by atoms with Gasteiger partial charge in [0.15, 0.2) is 0 Å². The van der Waals surface area contributed by atoms with Gasteiger partial charge in [-0.15, -0.1) is 0 Å². The maximum atomic E-state index is 3.89. The summed E-state index contributed by atoms with van der Waals surface area (Å²) in [6.07, 6.45) is 11.3. The molecule has 1 heteroatoms. The van der Waals surface area contributed by atoms with Crippen LogP contribution in [0.2, 0.25) is 0 Å². The van der Waals surface area contributed by atoms with E-state index in [0.717, 1.165) is 23.9 Å². The lowest BCUT2D eigenvalue weighted by Gasteiger charge is -2.34. The summed E-state index contributed by atoms with van der Waals surface area (Å²) in [6, 6.07) is 12.6. The summed E-state index contributed by atoms with van der Waals surface area (Å²) in [5, 5.41) is 3.89. The Morgan fingerprint density at radius 2 is 1.70 bits per heavy atom. The van der Waals surface area contributed by atoms with Crippen LogP contribution in [0.5, 0.6) is 0 Å². The number of benzene rings is 1. The van der Waals surface area contributed by atoms with E-state index in [1.807, 2.05) is 0 Å². The van der Waals surface area contributed by atoms with Crippen LogP contribution in [0.3, 0.4) is 0 Å². The Balaban J connectivity index is 1.41. The molecule has 20 heavy (non-hydrogen) atoms. The summed E-state index contributed by atoms with van der Waals surface area (Å²) in [5.41, 5.74) is 1.55. The number of nitrogens with one attached hydrogen (secondary N) is 1. The second-order valence-corrected chi connectivity index (χ2v) is 7.06. The summed E-state index contributed by atoms with van der Waals surface area (Å²) in [4.78, 5) is 0. The second kappa shape index (κ2) is 6.76. The molecule has 2 saturated carbocycles. The molecule has 1 aromatic carbocycles. The third-order valence-electron chi connectivity index (χ3n) is 5.43. The average Bonchev–Trinajstić information content (AvgIpc) is 2.45. The van der Waals surface area contributed by atoms with Crippen molar-refractivity contribution in [3.8, 4) is 0 Å². The topological polar surface area (TPSA) is 12.0 Å². The highest BCUT2D eigenvalue weighted by Gasteiger charge is 2.25. The zero-order valence-electron chi connectivity index (χ0n) is 12.9.